The van der Waals surface area contributed by atoms with Crippen LogP contribution < -0.4 is 95.9 Å². The molecule has 1 unspecified atom stereocenters. The number of carboxylic acid groups (broad SMARTS) is 6. The van der Waals surface area contributed by atoms with Crippen LogP contribution in [0.1, 0.15) is 12.8 Å². The zero-order valence-electron chi connectivity index (χ0n) is 16.9. The minimum absolute atomic E-state index is 0. The molecule has 0 saturated heterocycles. The van der Waals surface area contributed by atoms with Gasteiger partial charge in [0.2, 0.25) is 0 Å². The minimum atomic E-state index is -2.80. The van der Waals surface area contributed by atoms with Gasteiger partial charge in [-0.1, -0.05) is 0 Å². The summed E-state index contributed by atoms with van der Waals surface area (Å²) >= 11 is 0. The van der Waals surface area contributed by atoms with E-state index in [9.17, 15) is 49.2 Å². The van der Waals surface area contributed by atoms with Crippen molar-refractivity contribution in [3.63, 3.8) is 0 Å². The van der Waals surface area contributed by atoms with Crippen LogP contribution in [0.3, 0.4) is 0 Å². The smallest absolute Gasteiger partial charge is 0.550 e. The number of aliphatic carboxylic acids is 6. The van der Waals surface area contributed by atoms with Crippen LogP contribution in [-0.2, 0) is 28.8 Å². The summed E-state index contributed by atoms with van der Waals surface area (Å²) in [6.07, 6.45) is -2.44. The Morgan fingerprint density at radius 3 is 1.10 bits per heavy atom. The van der Waals surface area contributed by atoms with Gasteiger partial charge >= 0.3 is 87.4 Å². The molecular weight excluding hydrogens is 394 g/mol. The van der Waals surface area contributed by atoms with Gasteiger partial charge in [0.25, 0.3) is 0 Å². The maximum atomic E-state index is 10.3. The van der Waals surface area contributed by atoms with Gasteiger partial charge in [-0.25, -0.2) is 4.79 Å². The maximum Gasteiger partial charge on any atom is 1.00 e. The van der Waals surface area contributed by atoms with E-state index in [-0.39, 0.29) is 75.4 Å². The predicted octanol–water partition coefficient (Wildman–Crippen LogP) is -20.0. The number of carboxylic acids is 6. The fourth-order valence-corrected chi connectivity index (χ4v) is 1.42. The second kappa shape index (κ2) is 21.4. The Morgan fingerprint density at radius 1 is 0.633 bits per heavy atom. The number of hydrogen-bond donors (Lipinski definition) is 3. The molecule has 0 spiro atoms. The molecule has 14 nitrogen and oxygen atoms in total. The second-order valence-corrected chi connectivity index (χ2v) is 4.72. The van der Waals surface area contributed by atoms with Crippen LogP contribution in [0.15, 0.2) is 0 Å². The molecule has 0 radical (unpaired) electrons. The van der Waals surface area contributed by atoms with Gasteiger partial charge in [-0.3, -0.25) is 9.69 Å². The third-order valence-electron chi connectivity index (χ3n) is 2.34. The normalized spacial score (nSPS) is 10.6. The quantitative estimate of drug-likeness (QED) is 0.269. The Balaban J connectivity index is -0.0000000847. The number of nitrogens with zero attached hydrogens (tertiary/aromatic N) is 1. The summed E-state index contributed by atoms with van der Waals surface area (Å²) in [6, 6.07) is 0. The van der Waals surface area contributed by atoms with Gasteiger partial charge in [0.05, 0.1) is 24.3 Å². The maximum absolute atomic E-state index is 10.3. The van der Waals surface area contributed by atoms with Crippen LogP contribution in [-0.4, -0.2) is 81.3 Å². The van der Waals surface area contributed by atoms with Crippen LogP contribution in [0, 0.1) is 0 Å². The van der Waals surface area contributed by atoms with Crippen molar-refractivity contribution < 1.29 is 140 Å². The fraction of sp³-hybridized carbons (Fsp3) is 0.500. The molecule has 0 fully saturated rings. The molecule has 0 bridgehead atoms. The average molecular weight is 407 g/mol. The van der Waals surface area contributed by atoms with Crippen molar-refractivity contribution in [3.05, 3.63) is 0 Å². The van der Waals surface area contributed by atoms with Crippen LogP contribution in [0.5, 0.6) is 0 Å². The van der Waals surface area contributed by atoms with E-state index in [1.807, 2.05) is 0 Å². The summed E-state index contributed by atoms with van der Waals surface area (Å²) < 4.78 is 0. The van der Waals surface area contributed by atoms with Crippen molar-refractivity contribution >= 4 is 35.8 Å². The Morgan fingerprint density at radius 2 is 0.933 bits per heavy atom. The van der Waals surface area contributed by atoms with Crippen molar-refractivity contribution in [2.75, 3.05) is 19.6 Å². The van der Waals surface area contributed by atoms with Gasteiger partial charge < -0.3 is 54.9 Å². The number of hydrogen-bond acceptors (Lipinski definition) is 12. The van der Waals surface area contributed by atoms with Gasteiger partial charge in [0, 0.05) is 32.0 Å². The fourth-order valence-electron chi connectivity index (χ4n) is 1.42. The summed E-state index contributed by atoms with van der Waals surface area (Å²) in [6.45, 7) is -2.37. The zero-order chi connectivity index (χ0) is 21.1. The molecule has 0 saturated carbocycles. The van der Waals surface area contributed by atoms with E-state index in [1.54, 1.807) is 0 Å². The molecule has 0 aromatic rings. The van der Waals surface area contributed by atoms with E-state index in [0.717, 1.165) is 0 Å². The zero-order valence-corrected chi connectivity index (χ0v) is 16.9. The van der Waals surface area contributed by atoms with E-state index in [2.05, 4.69) is 0 Å². The summed E-state index contributed by atoms with van der Waals surface area (Å²) in [7, 11) is 0. The van der Waals surface area contributed by atoms with Crippen LogP contribution in [0.4, 0.5) is 0 Å². The molecule has 18 heteroatoms. The van der Waals surface area contributed by atoms with E-state index < -0.39 is 73.9 Å². The Kier molecular flexibility index (Phi) is 30.7. The first kappa shape index (κ1) is 43.1. The molecule has 0 aromatic carbocycles. The third kappa shape index (κ3) is 25.2. The third-order valence-corrected chi connectivity index (χ3v) is 2.34. The molecule has 0 aliphatic rings. The molecular formula is C12H13Li4NO13. The molecule has 1 atom stereocenters. The van der Waals surface area contributed by atoms with Gasteiger partial charge in [-0.05, 0) is 0 Å². The van der Waals surface area contributed by atoms with Crippen molar-refractivity contribution in [2.45, 2.75) is 18.4 Å². The first-order chi connectivity index (χ1) is 11.7. The van der Waals surface area contributed by atoms with Gasteiger partial charge in [0.15, 0.2) is 5.60 Å². The average Bonchev–Trinajstić information content (AvgIpc) is 2.34. The summed E-state index contributed by atoms with van der Waals surface area (Å²) in [5.74, 6) is -10.0. The van der Waals surface area contributed by atoms with Crippen molar-refractivity contribution in [3.8, 4) is 0 Å². The Bertz CT molecular complexity index is 532. The second-order valence-electron chi connectivity index (χ2n) is 4.72. The molecule has 3 N–H and O–H groups in total. The number of carbonyl (C=O) groups excluding carboxylic acids is 4. The van der Waals surface area contributed by atoms with Crippen molar-refractivity contribution in [1.82, 2.24) is 4.90 Å². The topological polar surface area (TPSA) is 259 Å². The SMILES string of the molecule is O=C([O-])CC(O)(CC(=O)O)C(=O)O.O=C([O-])CN(CC(=O)[O-])CC(=O)[O-].[Li+].[Li+].[Li+].[Li+]. The largest absolute Gasteiger partial charge is 1.00 e. The van der Waals surface area contributed by atoms with Crippen molar-refractivity contribution in [2.24, 2.45) is 0 Å². The van der Waals surface area contributed by atoms with Gasteiger partial charge in [-0.2, -0.15) is 0 Å². The summed E-state index contributed by atoms with van der Waals surface area (Å²) in [5, 5.41) is 65.5. The molecule has 0 heterocycles. The van der Waals surface area contributed by atoms with Gasteiger partial charge in [-0.15, -0.1) is 0 Å². The summed E-state index contributed by atoms with van der Waals surface area (Å²) in [5.41, 5.74) is -2.80. The first-order valence-electron chi connectivity index (χ1n) is 6.39. The monoisotopic (exact) mass is 407 g/mol. The van der Waals surface area contributed by atoms with E-state index in [1.165, 1.54) is 0 Å². The molecule has 0 rings (SSSR count). The van der Waals surface area contributed by atoms with Crippen LogP contribution in [0.2, 0.25) is 0 Å². The minimum Gasteiger partial charge on any atom is -0.550 e. The Labute approximate surface area is 217 Å². The number of aliphatic hydroxyl groups is 1. The molecule has 30 heavy (non-hydrogen) atoms. The van der Waals surface area contributed by atoms with E-state index >= 15 is 0 Å². The molecule has 0 amide bonds. The molecule has 0 aliphatic carbocycles. The molecule has 148 valence electrons. The number of carbonyl (C=O) groups is 6. The van der Waals surface area contributed by atoms with Crippen LogP contribution >= 0.6 is 0 Å². The standard InChI is InChI=1S/C6H9NO6.C6H8O7.4Li/c8-4(9)1-7(2-5(10)11)3-6(12)13;7-3(8)1-6(13,5(11)12)2-4(9)10;;;;/h1-3H2,(H,8,9)(H,10,11)(H,12,13);13H,1-2H2,(H,7,8)(H,9,10)(H,11,12);;;;/q;;4*+1/p-4. The number of rotatable bonds is 11. The predicted molar refractivity (Wildman–Crippen MR) is 65.9 cm³/mol. The molecule has 0 aromatic heterocycles. The van der Waals surface area contributed by atoms with E-state index in [0.29, 0.717) is 4.90 Å². The van der Waals surface area contributed by atoms with Crippen molar-refractivity contribution in [1.29, 1.82) is 0 Å². The first-order valence-corrected chi connectivity index (χ1v) is 6.39. The van der Waals surface area contributed by atoms with Crippen LogP contribution in [0.25, 0.3) is 0 Å². The Hall–Kier alpha value is -0.870. The van der Waals surface area contributed by atoms with Gasteiger partial charge in [0.1, 0.15) is 0 Å². The molecule has 0 aliphatic heterocycles. The van der Waals surface area contributed by atoms with E-state index in [4.69, 9.17) is 15.3 Å². The summed E-state index contributed by atoms with van der Waals surface area (Å²) in [4.78, 5) is 60.9.